The summed E-state index contributed by atoms with van der Waals surface area (Å²) in [6.07, 6.45) is 2.80. The van der Waals surface area contributed by atoms with E-state index in [4.69, 9.17) is 4.74 Å². The molecular weight excluding hydrogens is 244 g/mol. The first-order chi connectivity index (χ1) is 8.93. The van der Waals surface area contributed by atoms with Crippen molar-refractivity contribution in [3.8, 4) is 0 Å². The van der Waals surface area contributed by atoms with Crippen LogP contribution in [0.15, 0.2) is 30.5 Å². The van der Waals surface area contributed by atoms with E-state index in [9.17, 15) is 10.1 Å². The maximum Gasteiger partial charge on any atom is 0.271 e. The second kappa shape index (κ2) is 5.01. The lowest BCUT2D eigenvalue weighted by Gasteiger charge is -2.23. The molecule has 0 aliphatic heterocycles. The average molecular weight is 262 g/mol. The number of aryl methyl sites for hydroxylation is 1. The van der Waals surface area contributed by atoms with Gasteiger partial charge in [0, 0.05) is 37.4 Å². The fourth-order valence-electron chi connectivity index (χ4n) is 1.97. The van der Waals surface area contributed by atoms with E-state index in [0.29, 0.717) is 0 Å². The first-order valence-electron chi connectivity index (χ1n) is 6.21. The standard InChI is InChI=1S/C14H18N2O3/c1-14(2,19-3)7-9-15-8-6-11-4-5-12(16(17)18)10-13(11)15/h4-6,8,10H,7,9H2,1-3H3. The monoisotopic (exact) mass is 262 g/mol. The molecule has 1 aromatic heterocycles. The molecule has 19 heavy (non-hydrogen) atoms. The minimum absolute atomic E-state index is 0.124. The Balaban J connectivity index is 2.28. The van der Waals surface area contributed by atoms with Crippen molar-refractivity contribution in [2.24, 2.45) is 0 Å². The molecule has 0 bridgehead atoms. The zero-order valence-electron chi connectivity index (χ0n) is 11.4. The normalized spacial score (nSPS) is 11.9. The van der Waals surface area contributed by atoms with Gasteiger partial charge < -0.3 is 9.30 Å². The summed E-state index contributed by atoms with van der Waals surface area (Å²) >= 11 is 0. The van der Waals surface area contributed by atoms with Gasteiger partial charge in [-0.25, -0.2) is 0 Å². The predicted molar refractivity (Wildman–Crippen MR) is 74.3 cm³/mol. The quantitative estimate of drug-likeness (QED) is 0.613. The van der Waals surface area contributed by atoms with Crippen LogP contribution in [0, 0.1) is 10.1 Å². The molecule has 102 valence electrons. The molecule has 0 unspecified atom stereocenters. The lowest BCUT2D eigenvalue weighted by atomic mass is 10.1. The minimum atomic E-state index is -0.365. The van der Waals surface area contributed by atoms with Gasteiger partial charge in [0.15, 0.2) is 0 Å². The summed E-state index contributed by atoms with van der Waals surface area (Å²) in [5, 5.41) is 11.8. The van der Waals surface area contributed by atoms with Crippen LogP contribution in [-0.2, 0) is 11.3 Å². The van der Waals surface area contributed by atoms with E-state index >= 15 is 0 Å². The van der Waals surface area contributed by atoms with Crippen molar-refractivity contribution in [2.75, 3.05) is 7.11 Å². The molecule has 0 atom stereocenters. The Hall–Kier alpha value is -1.88. The van der Waals surface area contributed by atoms with Gasteiger partial charge in [-0.3, -0.25) is 10.1 Å². The van der Waals surface area contributed by atoms with Crippen LogP contribution in [0.4, 0.5) is 5.69 Å². The fraction of sp³-hybridized carbons (Fsp3) is 0.429. The van der Waals surface area contributed by atoms with Crippen LogP contribution in [-0.4, -0.2) is 22.2 Å². The number of nitro benzene ring substituents is 1. The number of methoxy groups -OCH3 is 1. The first kappa shape index (κ1) is 13.5. The lowest BCUT2D eigenvalue weighted by molar-refractivity contribution is -0.384. The SMILES string of the molecule is COC(C)(C)CCn1ccc2ccc([N+](=O)[O-])cc21. The smallest absolute Gasteiger partial charge is 0.271 e. The largest absolute Gasteiger partial charge is 0.379 e. The average Bonchev–Trinajstić information content (AvgIpc) is 2.78. The van der Waals surface area contributed by atoms with E-state index in [0.717, 1.165) is 23.9 Å². The predicted octanol–water partition coefficient (Wildman–Crippen LogP) is 3.36. The van der Waals surface area contributed by atoms with Crippen LogP contribution in [0.25, 0.3) is 10.9 Å². The third kappa shape index (κ3) is 2.93. The molecule has 2 aromatic rings. The van der Waals surface area contributed by atoms with E-state index in [1.807, 2.05) is 30.7 Å². The highest BCUT2D eigenvalue weighted by molar-refractivity contribution is 5.82. The van der Waals surface area contributed by atoms with Gasteiger partial charge in [0.1, 0.15) is 0 Å². The molecule has 0 aliphatic carbocycles. The number of fused-ring (bicyclic) bond motifs is 1. The number of ether oxygens (including phenoxy) is 1. The molecule has 0 aliphatic rings. The summed E-state index contributed by atoms with van der Waals surface area (Å²) in [5.74, 6) is 0. The third-order valence-corrected chi connectivity index (χ3v) is 3.48. The number of nitrogens with zero attached hydrogens (tertiary/aromatic N) is 2. The number of non-ortho nitro benzene ring substituents is 1. The molecule has 2 rings (SSSR count). The Labute approximate surface area is 111 Å². The van der Waals surface area contributed by atoms with Crippen LogP contribution in [0.2, 0.25) is 0 Å². The van der Waals surface area contributed by atoms with Gasteiger partial charge >= 0.3 is 0 Å². The van der Waals surface area contributed by atoms with Gasteiger partial charge in [-0.2, -0.15) is 0 Å². The third-order valence-electron chi connectivity index (χ3n) is 3.48. The van der Waals surface area contributed by atoms with Crippen molar-refractivity contribution in [3.63, 3.8) is 0 Å². The summed E-state index contributed by atoms with van der Waals surface area (Å²) < 4.78 is 7.42. The van der Waals surface area contributed by atoms with Crippen molar-refractivity contribution in [3.05, 3.63) is 40.6 Å². The maximum absolute atomic E-state index is 10.8. The Morgan fingerprint density at radius 3 is 2.74 bits per heavy atom. The number of aromatic nitrogens is 1. The highest BCUT2D eigenvalue weighted by atomic mass is 16.6. The Morgan fingerprint density at radius 2 is 2.11 bits per heavy atom. The molecule has 1 heterocycles. The highest BCUT2D eigenvalue weighted by Gasteiger charge is 2.17. The molecule has 0 saturated carbocycles. The van der Waals surface area contributed by atoms with Crippen LogP contribution in [0.1, 0.15) is 20.3 Å². The Kier molecular flexibility index (Phi) is 3.57. The van der Waals surface area contributed by atoms with Gasteiger partial charge in [0.2, 0.25) is 0 Å². The van der Waals surface area contributed by atoms with Crippen LogP contribution in [0.3, 0.4) is 0 Å². The minimum Gasteiger partial charge on any atom is -0.379 e. The Bertz CT molecular complexity index is 602. The van der Waals surface area contributed by atoms with E-state index in [1.54, 1.807) is 19.2 Å². The molecular formula is C14H18N2O3. The van der Waals surface area contributed by atoms with Crippen LogP contribution in [0.5, 0.6) is 0 Å². The van der Waals surface area contributed by atoms with E-state index < -0.39 is 0 Å². The van der Waals surface area contributed by atoms with Crippen molar-refractivity contribution >= 4 is 16.6 Å². The van der Waals surface area contributed by atoms with Crippen molar-refractivity contribution in [1.82, 2.24) is 4.57 Å². The summed E-state index contributed by atoms with van der Waals surface area (Å²) in [7, 11) is 1.69. The van der Waals surface area contributed by atoms with Gasteiger partial charge in [0.25, 0.3) is 5.69 Å². The second-order valence-electron chi connectivity index (χ2n) is 5.22. The molecule has 5 heteroatoms. The lowest BCUT2D eigenvalue weighted by Crippen LogP contribution is -2.24. The number of hydrogen-bond donors (Lipinski definition) is 0. The molecule has 0 N–H and O–H groups in total. The fourth-order valence-corrected chi connectivity index (χ4v) is 1.97. The van der Waals surface area contributed by atoms with Gasteiger partial charge in [-0.1, -0.05) is 0 Å². The molecule has 0 fully saturated rings. The van der Waals surface area contributed by atoms with E-state index in [1.165, 1.54) is 6.07 Å². The van der Waals surface area contributed by atoms with Crippen molar-refractivity contribution in [2.45, 2.75) is 32.4 Å². The summed E-state index contributed by atoms with van der Waals surface area (Å²) in [6, 6.07) is 6.91. The maximum atomic E-state index is 10.8. The zero-order valence-corrected chi connectivity index (χ0v) is 11.4. The van der Waals surface area contributed by atoms with Gasteiger partial charge in [-0.15, -0.1) is 0 Å². The van der Waals surface area contributed by atoms with E-state index in [2.05, 4.69) is 0 Å². The number of benzene rings is 1. The first-order valence-corrected chi connectivity index (χ1v) is 6.21. The molecule has 5 nitrogen and oxygen atoms in total. The highest BCUT2D eigenvalue weighted by Crippen LogP contribution is 2.23. The van der Waals surface area contributed by atoms with Crippen molar-refractivity contribution in [1.29, 1.82) is 0 Å². The molecule has 0 radical (unpaired) electrons. The Morgan fingerprint density at radius 1 is 1.37 bits per heavy atom. The van der Waals surface area contributed by atoms with Gasteiger partial charge in [-0.05, 0) is 32.4 Å². The number of nitro groups is 1. The van der Waals surface area contributed by atoms with Crippen LogP contribution >= 0.6 is 0 Å². The zero-order chi connectivity index (χ0) is 14.0. The molecule has 0 spiro atoms. The number of rotatable bonds is 5. The second-order valence-corrected chi connectivity index (χ2v) is 5.22. The molecule has 0 saturated heterocycles. The van der Waals surface area contributed by atoms with Gasteiger partial charge in [0.05, 0.1) is 16.0 Å². The summed E-state index contributed by atoms with van der Waals surface area (Å²) in [4.78, 5) is 10.5. The number of hydrogen-bond acceptors (Lipinski definition) is 3. The van der Waals surface area contributed by atoms with Crippen LogP contribution < -0.4 is 0 Å². The molecule has 1 aromatic carbocycles. The van der Waals surface area contributed by atoms with Crippen molar-refractivity contribution < 1.29 is 9.66 Å². The molecule has 0 amide bonds. The van der Waals surface area contributed by atoms with E-state index in [-0.39, 0.29) is 16.2 Å². The summed E-state index contributed by atoms with van der Waals surface area (Å²) in [5.41, 5.74) is 0.816. The summed E-state index contributed by atoms with van der Waals surface area (Å²) in [6.45, 7) is 4.83. The topological polar surface area (TPSA) is 57.3 Å².